The summed E-state index contributed by atoms with van der Waals surface area (Å²) in [6.45, 7) is 10.2. The monoisotopic (exact) mass is 328 g/mol. The zero-order chi connectivity index (χ0) is 15.5. The third-order valence-corrected chi connectivity index (χ3v) is 5.54. The van der Waals surface area contributed by atoms with Crippen LogP contribution in [0.3, 0.4) is 0 Å². The second-order valence-corrected chi connectivity index (χ2v) is 7.16. The molecule has 0 saturated carbocycles. The molecule has 118 valence electrons. The highest BCUT2D eigenvalue weighted by Crippen LogP contribution is 2.30. The lowest BCUT2D eigenvalue weighted by Crippen LogP contribution is -2.57. The summed E-state index contributed by atoms with van der Waals surface area (Å²) in [5.41, 5.74) is 1.24. The van der Waals surface area contributed by atoms with Crippen molar-refractivity contribution in [3.63, 3.8) is 0 Å². The zero-order valence-electron chi connectivity index (χ0n) is 13.3. The van der Waals surface area contributed by atoms with Crippen molar-refractivity contribution in [2.45, 2.75) is 51.6 Å². The molecular formula is C17H26Cl2N2. The summed E-state index contributed by atoms with van der Waals surface area (Å²) >= 11 is 12.5. The van der Waals surface area contributed by atoms with Gasteiger partial charge in [0, 0.05) is 11.6 Å². The number of nitrogens with one attached hydrogen (secondary N) is 1. The molecule has 0 amide bonds. The van der Waals surface area contributed by atoms with Crippen molar-refractivity contribution < 1.29 is 0 Å². The van der Waals surface area contributed by atoms with E-state index in [-0.39, 0.29) is 5.54 Å². The zero-order valence-corrected chi connectivity index (χ0v) is 14.8. The number of likely N-dealkylation sites (tertiary alicyclic amines) is 1. The van der Waals surface area contributed by atoms with Crippen LogP contribution < -0.4 is 5.32 Å². The van der Waals surface area contributed by atoms with Gasteiger partial charge in [0.25, 0.3) is 0 Å². The van der Waals surface area contributed by atoms with Gasteiger partial charge in [-0.1, -0.05) is 42.3 Å². The predicted octanol–water partition coefficient (Wildman–Crippen LogP) is 4.39. The standard InChI is InChI=1S/C17H26Cl2N2/c1-4-20-15(17(2,3)21-10-5-6-11-21)12-13-8-7-9-14(18)16(13)19/h7-9,15,20H,4-6,10-12H2,1-3H3. The minimum atomic E-state index is 0.109. The summed E-state index contributed by atoms with van der Waals surface area (Å²) in [6, 6.07) is 6.27. The van der Waals surface area contributed by atoms with Gasteiger partial charge in [-0.25, -0.2) is 0 Å². The first-order chi connectivity index (χ1) is 9.96. The van der Waals surface area contributed by atoms with E-state index in [2.05, 4.69) is 37.1 Å². The van der Waals surface area contributed by atoms with Crippen LogP contribution in [0.1, 0.15) is 39.2 Å². The Bertz CT molecular complexity index is 468. The smallest absolute Gasteiger partial charge is 0.0624 e. The van der Waals surface area contributed by atoms with Crippen LogP contribution in [0.25, 0.3) is 0 Å². The molecule has 1 unspecified atom stereocenters. The van der Waals surface area contributed by atoms with Crippen LogP contribution in [0.5, 0.6) is 0 Å². The third-order valence-electron chi connectivity index (χ3n) is 4.68. The maximum Gasteiger partial charge on any atom is 0.0624 e. The normalized spacial score (nSPS) is 18.1. The molecule has 0 spiro atoms. The largest absolute Gasteiger partial charge is 0.312 e. The van der Waals surface area contributed by atoms with E-state index in [1.54, 1.807) is 0 Å². The molecule has 0 aliphatic carbocycles. The van der Waals surface area contributed by atoms with Gasteiger partial charge in [0.05, 0.1) is 10.0 Å². The summed E-state index contributed by atoms with van der Waals surface area (Å²) < 4.78 is 0. The van der Waals surface area contributed by atoms with E-state index in [0.717, 1.165) is 18.5 Å². The molecule has 1 saturated heterocycles. The second kappa shape index (κ2) is 7.32. The average molecular weight is 329 g/mol. The van der Waals surface area contributed by atoms with Crippen LogP contribution >= 0.6 is 23.2 Å². The van der Waals surface area contributed by atoms with Crippen LogP contribution in [-0.4, -0.2) is 36.1 Å². The number of likely N-dealkylation sites (N-methyl/N-ethyl adjacent to an activating group) is 1. The van der Waals surface area contributed by atoms with Crippen molar-refractivity contribution in [3.8, 4) is 0 Å². The van der Waals surface area contributed by atoms with Crippen molar-refractivity contribution in [1.29, 1.82) is 0 Å². The summed E-state index contributed by atoms with van der Waals surface area (Å²) in [5.74, 6) is 0. The Morgan fingerprint density at radius 3 is 2.52 bits per heavy atom. The molecule has 4 heteroatoms. The van der Waals surface area contributed by atoms with Gasteiger partial charge >= 0.3 is 0 Å². The highest BCUT2D eigenvalue weighted by atomic mass is 35.5. The number of hydrogen-bond donors (Lipinski definition) is 1. The Kier molecular flexibility index (Phi) is 5.96. The Labute approximate surface area is 138 Å². The van der Waals surface area contributed by atoms with Crippen LogP contribution in [0.15, 0.2) is 18.2 Å². The Balaban J connectivity index is 2.20. The molecule has 1 atom stereocenters. The van der Waals surface area contributed by atoms with Crippen LogP contribution in [-0.2, 0) is 6.42 Å². The van der Waals surface area contributed by atoms with Crippen LogP contribution in [0, 0.1) is 0 Å². The fourth-order valence-electron chi connectivity index (χ4n) is 3.26. The molecule has 1 N–H and O–H groups in total. The van der Waals surface area contributed by atoms with E-state index in [4.69, 9.17) is 23.2 Å². The van der Waals surface area contributed by atoms with Crippen molar-refractivity contribution in [2.24, 2.45) is 0 Å². The maximum absolute atomic E-state index is 6.37. The summed E-state index contributed by atoms with van der Waals surface area (Å²) in [4.78, 5) is 2.60. The molecule has 1 aromatic rings. The van der Waals surface area contributed by atoms with Crippen molar-refractivity contribution in [3.05, 3.63) is 33.8 Å². The highest BCUT2D eigenvalue weighted by Gasteiger charge is 2.36. The van der Waals surface area contributed by atoms with E-state index in [1.165, 1.54) is 25.9 Å². The molecule has 1 heterocycles. The summed E-state index contributed by atoms with van der Waals surface area (Å²) in [5, 5.41) is 4.99. The van der Waals surface area contributed by atoms with Gasteiger partial charge in [-0.3, -0.25) is 4.90 Å². The van der Waals surface area contributed by atoms with E-state index in [0.29, 0.717) is 16.1 Å². The van der Waals surface area contributed by atoms with Crippen molar-refractivity contribution in [2.75, 3.05) is 19.6 Å². The van der Waals surface area contributed by atoms with Gasteiger partial charge in [0.15, 0.2) is 0 Å². The van der Waals surface area contributed by atoms with Crippen molar-refractivity contribution in [1.82, 2.24) is 10.2 Å². The molecule has 1 aliphatic heterocycles. The van der Waals surface area contributed by atoms with Crippen LogP contribution in [0.2, 0.25) is 10.0 Å². The molecule has 21 heavy (non-hydrogen) atoms. The Morgan fingerprint density at radius 1 is 1.24 bits per heavy atom. The lowest BCUT2D eigenvalue weighted by atomic mass is 9.87. The first-order valence-electron chi connectivity index (χ1n) is 7.88. The molecule has 1 aromatic carbocycles. The average Bonchev–Trinajstić information content (AvgIpc) is 2.98. The Morgan fingerprint density at radius 2 is 1.90 bits per heavy atom. The number of halogens is 2. The quantitative estimate of drug-likeness (QED) is 0.833. The highest BCUT2D eigenvalue weighted by molar-refractivity contribution is 6.42. The molecule has 1 aliphatic rings. The number of benzene rings is 1. The minimum absolute atomic E-state index is 0.109. The van der Waals surface area contributed by atoms with Gasteiger partial charge in [-0.15, -0.1) is 0 Å². The van der Waals surface area contributed by atoms with E-state index in [9.17, 15) is 0 Å². The summed E-state index contributed by atoms with van der Waals surface area (Å²) in [6.07, 6.45) is 3.51. The number of rotatable bonds is 6. The van der Waals surface area contributed by atoms with Gasteiger partial charge in [0.1, 0.15) is 0 Å². The molecule has 1 fully saturated rings. The van der Waals surface area contributed by atoms with Gasteiger partial charge in [0.2, 0.25) is 0 Å². The van der Waals surface area contributed by atoms with E-state index >= 15 is 0 Å². The lowest BCUT2D eigenvalue weighted by Gasteiger charge is -2.43. The topological polar surface area (TPSA) is 15.3 Å². The SMILES string of the molecule is CCNC(Cc1cccc(Cl)c1Cl)C(C)(C)N1CCCC1. The van der Waals surface area contributed by atoms with Crippen LogP contribution in [0.4, 0.5) is 0 Å². The van der Waals surface area contributed by atoms with Gasteiger partial charge < -0.3 is 5.32 Å². The first-order valence-corrected chi connectivity index (χ1v) is 8.63. The molecule has 2 rings (SSSR count). The van der Waals surface area contributed by atoms with E-state index < -0.39 is 0 Å². The van der Waals surface area contributed by atoms with Crippen molar-refractivity contribution >= 4 is 23.2 Å². The fraction of sp³-hybridized carbons (Fsp3) is 0.647. The maximum atomic E-state index is 6.37. The van der Waals surface area contributed by atoms with Gasteiger partial charge in [-0.2, -0.15) is 0 Å². The fourth-order valence-corrected chi connectivity index (χ4v) is 3.66. The number of nitrogens with zero attached hydrogens (tertiary/aromatic N) is 1. The predicted molar refractivity (Wildman–Crippen MR) is 92.5 cm³/mol. The van der Waals surface area contributed by atoms with Gasteiger partial charge in [-0.05, 0) is 64.4 Å². The molecule has 0 bridgehead atoms. The molecule has 0 aromatic heterocycles. The molecular weight excluding hydrogens is 303 g/mol. The molecule has 0 radical (unpaired) electrons. The lowest BCUT2D eigenvalue weighted by molar-refractivity contribution is 0.107. The molecule has 2 nitrogen and oxygen atoms in total. The number of hydrogen-bond acceptors (Lipinski definition) is 2. The Hall–Kier alpha value is -0.280. The summed E-state index contributed by atoms with van der Waals surface area (Å²) in [7, 11) is 0. The third kappa shape index (κ3) is 3.92. The minimum Gasteiger partial charge on any atom is -0.312 e. The van der Waals surface area contributed by atoms with E-state index in [1.807, 2.05) is 12.1 Å². The first kappa shape index (κ1) is 17.1. The second-order valence-electron chi connectivity index (χ2n) is 6.38.